The molecule has 0 atom stereocenters. The Labute approximate surface area is 115 Å². The van der Waals surface area contributed by atoms with E-state index in [0.29, 0.717) is 22.9 Å². The summed E-state index contributed by atoms with van der Waals surface area (Å²) < 4.78 is 5.57. The Hall–Kier alpha value is -1.51. The predicted octanol–water partition coefficient (Wildman–Crippen LogP) is 4.30. The van der Waals surface area contributed by atoms with Crippen LogP contribution in [0.25, 0.3) is 0 Å². The SMILES string of the molecule is O=C(Cl)c1ccc(OCc2cccc(Cl)c2)cc1. The molecule has 2 nitrogen and oxygen atoms in total. The quantitative estimate of drug-likeness (QED) is 0.781. The Morgan fingerprint density at radius 2 is 1.83 bits per heavy atom. The largest absolute Gasteiger partial charge is 0.489 e. The van der Waals surface area contributed by atoms with Gasteiger partial charge in [0.2, 0.25) is 0 Å². The Kier molecular flexibility index (Phi) is 4.24. The second-order valence-electron chi connectivity index (χ2n) is 3.72. The van der Waals surface area contributed by atoms with Crippen LogP contribution in [-0.4, -0.2) is 5.24 Å². The van der Waals surface area contributed by atoms with Gasteiger partial charge in [-0.15, -0.1) is 0 Å². The van der Waals surface area contributed by atoms with Crippen LogP contribution in [0.2, 0.25) is 5.02 Å². The van der Waals surface area contributed by atoms with E-state index < -0.39 is 5.24 Å². The van der Waals surface area contributed by atoms with E-state index >= 15 is 0 Å². The zero-order valence-electron chi connectivity index (χ0n) is 9.40. The van der Waals surface area contributed by atoms with E-state index in [-0.39, 0.29) is 0 Å². The third-order valence-corrected chi connectivity index (χ3v) is 2.83. The molecule has 0 heterocycles. The van der Waals surface area contributed by atoms with Gasteiger partial charge in [0, 0.05) is 10.6 Å². The standard InChI is InChI=1S/C14H10Cl2O2/c15-12-3-1-2-10(8-12)9-18-13-6-4-11(5-7-13)14(16)17/h1-8H,9H2. The highest BCUT2D eigenvalue weighted by molar-refractivity contribution is 6.67. The lowest BCUT2D eigenvalue weighted by atomic mass is 10.2. The van der Waals surface area contributed by atoms with Gasteiger partial charge in [0.25, 0.3) is 5.24 Å². The van der Waals surface area contributed by atoms with Crippen LogP contribution in [0.5, 0.6) is 5.75 Å². The van der Waals surface area contributed by atoms with E-state index in [4.69, 9.17) is 27.9 Å². The summed E-state index contributed by atoms with van der Waals surface area (Å²) >= 11 is 11.2. The van der Waals surface area contributed by atoms with Crippen LogP contribution >= 0.6 is 23.2 Å². The lowest BCUT2D eigenvalue weighted by molar-refractivity contribution is 0.108. The molecule has 4 heteroatoms. The highest BCUT2D eigenvalue weighted by Gasteiger charge is 2.02. The summed E-state index contributed by atoms with van der Waals surface area (Å²) in [6.07, 6.45) is 0. The van der Waals surface area contributed by atoms with E-state index in [0.717, 1.165) is 5.56 Å². The molecule has 2 aromatic rings. The highest BCUT2D eigenvalue weighted by atomic mass is 35.5. The molecule has 0 amide bonds. The molecular weight excluding hydrogens is 271 g/mol. The average Bonchev–Trinajstić information content (AvgIpc) is 2.37. The number of benzene rings is 2. The first kappa shape index (κ1) is 12.9. The van der Waals surface area contributed by atoms with Gasteiger partial charge in [0.15, 0.2) is 0 Å². The fraction of sp³-hybridized carbons (Fsp3) is 0.0714. The summed E-state index contributed by atoms with van der Waals surface area (Å²) in [5.41, 5.74) is 1.44. The van der Waals surface area contributed by atoms with Crippen molar-refractivity contribution in [1.82, 2.24) is 0 Å². The van der Waals surface area contributed by atoms with E-state index in [1.54, 1.807) is 24.3 Å². The van der Waals surface area contributed by atoms with Crippen LogP contribution < -0.4 is 4.74 Å². The first-order valence-electron chi connectivity index (χ1n) is 5.32. The molecule has 2 aromatic carbocycles. The Bertz CT molecular complexity index is 550. The van der Waals surface area contributed by atoms with Gasteiger partial charge >= 0.3 is 0 Å². The van der Waals surface area contributed by atoms with E-state index in [1.165, 1.54) is 0 Å². The van der Waals surface area contributed by atoms with Crippen molar-refractivity contribution < 1.29 is 9.53 Å². The summed E-state index contributed by atoms with van der Waals surface area (Å²) in [5, 5.41) is 0.204. The molecule has 0 aliphatic rings. The van der Waals surface area contributed by atoms with Crippen molar-refractivity contribution in [3.8, 4) is 5.75 Å². The fourth-order valence-electron chi connectivity index (χ4n) is 1.48. The Balaban J connectivity index is 2.00. The van der Waals surface area contributed by atoms with Crippen molar-refractivity contribution in [3.63, 3.8) is 0 Å². The minimum absolute atomic E-state index is 0.425. The normalized spacial score (nSPS) is 10.1. The smallest absolute Gasteiger partial charge is 0.252 e. The zero-order valence-corrected chi connectivity index (χ0v) is 10.9. The van der Waals surface area contributed by atoms with Crippen molar-refractivity contribution in [1.29, 1.82) is 0 Å². The summed E-state index contributed by atoms with van der Waals surface area (Å²) in [7, 11) is 0. The van der Waals surface area contributed by atoms with Gasteiger partial charge in [0.05, 0.1) is 0 Å². The lowest BCUT2D eigenvalue weighted by Crippen LogP contribution is -1.96. The maximum absolute atomic E-state index is 10.9. The fourth-order valence-corrected chi connectivity index (χ4v) is 1.81. The van der Waals surface area contributed by atoms with E-state index in [9.17, 15) is 4.79 Å². The number of carbonyl (C=O) groups excluding carboxylic acids is 1. The molecule has 0 aliphatic carbocycles. The van der Waals surface area contributed by atoms with Gasteiger partial charge in [-0.25, -0.2) is 0 Å². The highest BCUT2D eigenvalue weighted by Crippen LogP contribution is 2.16. The average molecular weight is 281 g/mol. The van der Waals surface area contributed by atoms with E-state index in [2.05, 4.69) is 0 Å². The zero-order chi connectivity index (χ0) is 13.0. The lowest BCUT2D eigenvalue weighted by Gasteiger charge is -2.06. The topological polar surface area (TPSA) is 26.3 Å². The summed E-state index contributed by atoms with van der Waals surface area (Å²) in [4.78, 5) is 10.9. The predicted molar refractivity (Wildman–Crippen MR) is 72.4 cm³/mol. The van der Waals surface area contributed by atoms with Crippen LogP contribution in [0.1, 0.15) is 15.9 Å². The molecule has 0 spiro atoms. The molecule has 0 fully saturated rings. The molecule has 0 saturated heterocycles. The molecule has 0 N–H and O–H groups in total. The van der Waals surface area contributed by atoms with Gasteiger partial charge in [-0.05, 0) is 53.6 Å². The summed E-state index contributed by atoms with van der Waals surface area (Å²) in [6, 6.07) is 14.1. The van der Waals surface area contributed by atoms with Crippen LogP contribution in [-0.2, 0) is 6.61 Å². The number of carbonyl (C=O) groups is 1. The number of hydrogen-bond acceptors (Lipinski definition) is 2. The van der Waals surface area contributed by atoms with Gasteiger partial charge < -0.3 is 4.74 Å². The monoisotopic (exact) mass is 280 g/mol. The number of ether oxygens (including phenoxy) is 1. The molecule has 2 rings (SSSR count). The molecule has 0 aliphatic heterocycles. The minimum Gasteiger partial charge on any atom is -0.489 e. The summed E-state index contributed by atoms with van der Waals surface area (Å²) in [5.74, 6) is 0.677. The molecule has 0 unspecified atom stereocenters. The molecule has 0 bridgehead atoms. The molecular formula is C14H10Cl2O2. The number of halogens is 2. The first-order valence-corrected chi connectivity index (χ1v) is 6.08. The molecule has 0 aromatic heterocycles. The van der Waals surface area contributed by atoms with Gasteiger partial charge in [-0.1, -0.05) is 23.7 Å². The third-order valence-electron chi connectivity index (χ3n) is 2.38. The van der Waals surface area contributed by atoms with Crippen LogP contribution in [0, 0.1) is 0 Å². The molecule has 18 heavy (non-hydrogen) atoms. The van der Waals surface area contributed by atoms with Gasteiger partial charge in [-0.2, -0.15) is 0 Å². The van der Waals surface area contributed by atoms with Crippen molar-refractivity contribution in [2.24, 2.45) is 0 Å². The van der Waals surface area contributed by atoms with Crippen molar-refractivity contribution in [2.45, 2.75) is 6.61 Å². The van der Waals surface area contributed by atoms with E-state index in [1.807, 2.05) is 24.3 Å². The first-order chi connectivity index (χ1) is 8.65. The van der Waals surface area contributed by atoms with Gasteiger partial charge in [-0.3, -0.25) is 4.79 Å². The minimum atomic E-state index is -0.476. The number of hydrogen-bond donors (Lipinski definition) is 0. The second-order valence-corrected chi connectivity index (χ2v) is 4.50. The Morgan fingerprint density at radius 3 is 2.44 bits per heavy atom. The molecule has 0 radical (unpaired) electrons. The summed E-state index contributed by atoms with van der Waals surface area (Å²) in [6.45, 7) is 0.425. The third kappa shape index (κ3) is 3.49. The van der Waals surface area contributed by atoms with Crippen molar-refractivity contribution in [3.05, 3.63) is 64.7 Å². The Morgan fingerprint density at radius 1 is 1.11 bits per heavy atom. The van der Waals surface area contributed by atoms with Crippen LogP contribution in [0.3, 0.4) is 0 Å². The van der Waals surface area contributed by atoms with Crippen molar-refractivity contribution in [2.75, 3.05) is 0 Å². The maximum Gasteiger partial charge on any atom is 0.252 e. The van der Waals surface area contributed by atoms with Crippen molar-refractivity contribution >= 4 is 28.4 Å². The van der Waals surface area contributed by atoms with Crippen LogP contribution in [0.4, 0.5) is 0 Å². The number of rotatable bonds is 4. The van der Waals surface area contributed by atoms with Crippen LogP contribution in [0.15, 0.2) is 48.5 Å². The second kappa shape index (κ2) is 5.89. The maximum atomic E-state index is 10.9. The molecule has 0 saturated carbocycles. The van der Waals surface area contributed by atoms with Gasteiger partial charge in [0.1, 0.15) is 12.4 Å². The molecule has 92 valence electrons.